The zero-order valence-electron chi connectivity index (χ0n) is 14.8. The minimum Gasteiger partial charge on any atom is -0.349 e. The molecule has 0 radical (unpaired) electrons. The highest BCUT2D eigenvalue weighted by Gasteiger charge is 2.17. The summed E-state index contributed by atoms with van der Waals surface area (Å²) >= 11 is 15.1. The van der Waals surface area contributed by atoms with E-state index in [2.05, 4.69) is 15.5 Å². The van der Waals surface area contributed by atoms with Gasteiger partial charge in [0.1, 0.15) is 0 Å². The Kier molecular flexibility index (Phi) is 6.81. The molecule has 142 valence electrons. The van der Waals surface area contributed by atoms with Gasteiger partial charge >= 0.3 is 0 Å². The van der Waals surface area contributed by atoms with Gasteiger partial charge in [0.05, 0.1) is 16.7 Å². The maximum Gasteiger partial charge on any atom is 0.230 e. The largest absolute Gasteiger partial charge is 0.349 e. The van der Waals surface area contributed by atoms with Crippen molar-refractivity contribution in [3.8, 4) is 10.7 Å². The van der Waals surface area contributed by atoms with Gasteiger partial charge < -0.3 is 9.88 Å². The van der Waals surface area contributed by atoms with E-state index in [-0.39, 0.29) is 17.7 Å². The van der Waals surface area contributed by atoms with Crippen molar-refractivity contribution >= 4 is 52.2 Å². The van der Waals surface area contributed by atoms with Crippen molar-refractivity contribution in [3.05, 3.63) is 51.3 Å². The van der Waals surface area contributed by atoms with Crippen molar-refractivity contribution in [2.45, 2.75) is 31.6 Å². The molecule has 3 rings (SSSR count). The van der Waals surface area contributed by atoms with Crippen LogP contribution in [0, 0.1) is 0 Å². The molecule has 27 heavy (non-hydrogen) atoms. The van der Waals surface area contributed by atoms with Crippen LogP contribution in [0.4, 0.5) is 0 Å². The number of halogens is 2. The first kappa shape index (κ1) is 20.2. The molecule has 0 bridgehead atoms. The van der Waals surface area contributed by atoms with E-state index in [0.29, 0.717) is 10.0 Å². The van der Waals surface area contributed by atoms with Crippen LogP contribution < -0.4 is 5.32 Å². The number of thioether (sulfide) groups is 1. The van der Waals surface area contributed by atoms with Gasteiger partial charge in [-0.25, -0.2) is 0 Å². The van der Waals surface area contributed by atoms with Gasteiger partial charge in [0, 0.05) is 16.6 Å². The molecule has 0 aliphatic rings. The summed E-state index contributed by atoms with van der Waals surface area (Å²) in [6.07, 6.45) is 0. The molecular weight excluding hydrogens is 423 g/mol. The Bertz CT molecular complexity index is 928. The van der Waals surface area contributed by atoms with Crippen molar-refractivity contribution < 1.29 is 4.79 Å². The van der Waals surface area contributed by atoms with Crippen LogP contribution in [0.15, 0.2) is 40.9 Å². The molecule has 3 aromatic rings. The SMILES string of the molecule is CCn1c(SCC(=O)N[C@H](C)c2ccc(Cl)cc2Cl)nnc1-c1cccs1. The third-order valence-corrected chi connectivity index (χ3v) is 6.31. The first-order valence-electron chi connectivity index (χ1n) is 8.33. The molecule has 9 heteroatoms. The average Bonchev–Trinajstić information content (AvgIpc) is 3.28. The monoisotopic (exact) mass is 440 g/mol. The zero-order valence-corrected chi connectivity index (χ0v) is 17.9. The van der Waals surface area contributed by atoms with Crippen molar-refractivity contribution in [2.24, 2.45) is 0 Å². The molecule has 0 fully saturated rings. The van der Waals surface area contributed by atoms with Gasteiger partial charge in [0.25, 0.3) is 0 Å². The Balaban J connectivity index is 1.62. The van der Waals surface area contributed by atoms with Crippen LogP contribution >= 0.6 is 46.3 Å². The topological polar surface area (TPSA) is 59.8 Å². The number of nitrogens with zero attached hydrogens (tertiary/aromatic N) is 3. The number of hydrogen-bond acceptors (Lipinski definition) is 5. The van der Waals surface area contributed by atoms with Crippen LogP contribution in [0.25, 0.3) is 10.7 Å². The third kappa shape index (κ3) is 4.85. The number of amides is 1. The number of carbonyl (C=O) groups is 1. The fourth-order valence-corrected chi connectivity index (χ4v) is 4.72. The Hall–Kier alpha value is -1.54. The lowest BCUT2D eigenvalue weighted by atomic mass is 10.1. The molecule has 1 aromatic carbocycles. The van der Waals surface area contributed by atoms with Gasteiger partial charge in [-0.3, -0.25) is 4.79 Å². The minimum atomic E-state index is -0.214. The summed E-state index contributed by atoms with van der Waals surface area (Å²) in [6.45, 7) is 4.66. The summed E-state index contributed by atoms with van der Waals surface area (Å²) in [5.41, 5.74) is 0.830. The van der Waals surface area contributed by atoms with Gasteiger partial charge in [-0.1, -0.05) is 47.1 Å². The van der Waals surface area contributed by atoms with Crippen molar-refractivity contribution in [3.63, 3.8) is 0 Å². The van der Waals surface area contributed by atoms with Gasteiger partial charge in [-0.05, 0) is 43.0 Å². The molecule has 2 aromatic heterocycles. The van der Waals surface area contributed by atoms with E-state index in [4.69, 9.17) is 23.2 Å². The highest BCUT2D eigenvalue weighted by Crippen LogP contribution is 2.28. The molecule has 0 spiro atoms. The normalized spacial score (nSPS) is 12.1. The molecule has 2 heterocycles. The molecule has 0 aliphatic carbocycles. The van der Waals surface area contributed by atoms with E-state index in [0.717, 1.165) is 28.0 Å². The highest BCUT2D eigenvalue weighted by molar-refractivity contribution is 7.99. The number of hydrogen-bond donors (Lipinski definition) is 1. The maximum absolute atomic E-state index is 12.4. The molecule has 1 amide bonds. The van der Waals surface area contributed by atoms with Crippen LogP contribution in [0.1, 0.15) is 25.5 Å². The minimum absolute atomic E-state index is 0.0955. The van der Waals surface area contributed by atoms with E-state index < -0.39 is 0 Å². The van der Waals surface area contributed by atoms with Crippen LogP contribution in [0.5, 0.6) is 0 Å². The maximum atomic E-state index is 12.4. The lowest BCUT2D eigenvalue weighted by molar-refractivity contribution is -0.119. The summed E-state index contributed by atoms with van der Waals surface area (Å²) in [6, 6.07) is 9.04. The fraction of sp³-hybridized carbons (Fsp3) is 0.278. The molecule has 5 nitrogen and oxygen atoms in total. The second kappa shape index (κ2) is 9.10. The summed E-state index contributed by atoms with van der Waals surface area (Å²) in [4.78, 5) is 13.4. The molecule has 0 saturated carbocycles. The molecular formula is C18H18Cl2N4OS2. The number of rotatable bonds is 7. The van der Waals surface area contributed by atoms with E-state index in [1.807, 2.05) is 42.0 Å². The molecule has 1 N–H and O–H groups in total. The van der Waals surface area contributed by atoms with E-state index in [1.54, 1.807) is 23.5 Å². The summed E-state index contributed by atoms with van der Waals surface area (Å²) in [7, 11) is 0. The highest BCUT2D eigenvalue weighted by atomic mass is 35.5. The number of nitrogens with one attached hydrogen (secondary N) is 1. The Morgan fingerprint density at radius 3 is 2.81 bits per heavy atom. The standard InChI is InChI=1S/C18H18Cl2N4OS2/c1-3-24-17(15-5-4-8-26-15)22-23-18(24)27-10-16(25)21-11(2)13-7-6-12(19)9-14(13)20/h4-9,11H,3,10H2,1-2H3,(H,21,25)/t11-/m1/s1. The van der Waals surface area contributed by atoms with Crippen molar-refractivity contribution in [2.75, 3.05) is 5.75 Å². The number of thiophene rings is 1. The van der Waals surface area contributed by atoms with Crippen LogP contribution in [-0.2, 0) is 11.3 Å². The van der Waals surface area contributed by atoms with Gasteiger partial charge in [0.2, 0.25) is 5.91 Å². The second-order valence-corrected chi connectivity index (χ2v) is 8.51. The predicted octanol–water partition coefficient (Wildman–Crippen LogP) is 5.30. The van der Waals surface area contributed by atoms with Gasteiger partial charge in [-0.2, -0.15) is 0 Å². The average molecular weight is 441 g/mol. The summed E-state index contributed by atoms with van der Waals surface area (Å²) in [5.74, 6) is 0.983. The van der Waals surface area contributed by atoms with Crippen LogP contribution in [0.3, 0.4) is 0 Å². The van der Waals surface area contributed by atoms with Crippen LogP contribution in [-0.4, -0.2) is 26.4 Å². The Morgan fingerprint density at radius 1 is 1.33 bits per heavy atom. The lowest BCUT2D eigenvalue weighted by Crippen LogP contribution is -2.28. The first-order valence-corrected chi connectivity index (χ1v) is 11.0. The molecule has 0 aliphatic heterocycles. The number of carbonyl (C=O) groups excluding carboxylic acids is 1. The molecule has 0 unspecified atom stereocenters. The number of benzene rings is 1. The molecule has 0 saturated heterocycles. The quantitative estimate of drug-likeness (QED) is 0.506. The van der Waals surface area contributed by atoms with E-state index in [1.165, 1.54) is 11.8 Å². The van der Waals surface area contributed by atoms with E-state index >= 15 is 0 Å². The Morgan fingerprint density at radius 2 is 2.15 bits per heavy atom. The summed E-state index contributed by atoms with van der Waals surface area (Å²) < 4.78 is 2.02. The van der Waals surface area contributed by atoms with Crippen LogP contribution in [0.2, 0.25) is 10.0 Å². The zero-order chi connectivity index (χ0) is 19.4. The summed E-state index contributed by atoms with van der Waals surface area (Å²) in [5, 5.41) is 15.3. The first-order chi connectivity index (χ1) is 13.0. The lowest BCUT2D eigenvalue weighted by Gasteiger charge is -2.16. The fourth-order valence-electron chi connectivity index (χ4n) is 2.61. The predicted molar refractivity (Wildman–Crippen MR) is 113 cm³/mol. The number of aromatic nitrogens is 3. The van der Waals surface area contributed by atoms with Crippen molar-refractivity contribution in [1.29, 1.82) is 0 Å². The van der Waals surface area contributed by atoms with Gasteiger partial charge in [-0.15, -0.1) is 21.5 Å². The van der Waals surface area contributed by atoms with E-state index in [9.17, 15) is 4.79 Å². The van der Waals surface area contributed by atoms with Crippen molar-refractivity contribution in [1.82, 2.24) is 20.1 Å². The second-order valence-electron chi connectivity index (χ2n) is 5.77. The molecule has 1 atom stereocenters. The smallest absolute Gasteiger partial charge is 0.230 e. The van der Waals surface area contributed by atoms with Gasteiger partial charge in [0.15, 0.2) is 11.0 Å². The third-order valence-electron chi connectivity index (χ3n) is 3.91. The Labute approximate surface area is 176 Å².